The van der Waals surface area contributed by atoms with Gasteiger partial charge >= 0.3 is 0 Å². The highest BCUT2D eigenvalue weighted by Gasteiger charge is 2.09. The Morgan fingerprint density at radius 3 is 2.40 bits per heavy atom. The van der Waals surface area contributed by atoms with Crippen LogP contribution in [0.3, 0.4) is 0 Å². The molecular formula is C10H12Cl2O2S. The topological polar surface area (TPSA) is 37.3 Å². The maximum atomic E-state index is 11.6. The van der Waals surface area contributed by atoms with Gasteiger partial charge in [0.2, 0.25) is 0 Å². The smallest absolute Gasteiger partial charge is 0.0515 e. The van der Waals surface area contributed by atoms with Crippen LogP contribution in [0.2, 0.25) is 10.0 Å². The highest BCUT2D eigenvalue weighted by Crippen LogP contribution is 2.25. The summed E-state index contributed by atoms with van der Waals surface area (Å²) in [5, 5.41) is 9.69. The minimum Gasteiger partial charge on any atom is -0.396 e. The van der Waals surface area contributed by atoms with Crippen molar-refractivity contribution in [2.24, 2.45) is 0 Å². The van der Waals surface area contributed by atoms with Crippen LogP contribution in [0, 0.1) is 0 Å². The molecule has 0 aliphatic carbocycles. The Kier molecular flexibility index (Phi) is 5.61. The third kappa shape index (κ3) is 4.11. The Labute approximate surface area is 102 Å². The van der Waals surface area contributed by atoms with Gasteiger partial charge in [-0.1, -0.05) is 29.3 Å². The molecule has 0 fully saturated rings. The van der Waals surface area contributed by atoms with Crippen LogP contribution in [0.1, 0.15) is 12.0 Å². The number of hydrogen-bond acceptors (Lipinski definition) is 2. The van der Waals surface area contributed by atoms with Crippen LogP contribution in [0.15, 0.2) is 18.2 Å². The molecular weight excluding hydrogens is 255 g/mol. The molecule has 0 aliphatic heterocycles. The molecule has 15 heavy (non-hydrogen) atoms. The van der Waals surface area contributed by atoms with Gasteiger partial charge in [-0.3, -0.25) is 4.21 Å². The van der Waals surface area contributed by atoms with Crippen molar-refractivity contribution < 1.29 is 9.32 Å². The van der Waals surface area contributed by atoms with Gasteiger partial charge in [0.1, 0.15) is 0 Å². The van der Waals surface area contributed by atoms with Gasteiger partial charge in [0, 0.05) is 38.8 Å². The molecule has 0 aromatic heterocycles. The number of hydrogen-bond donors (Lipinski definition) is 1. The van der Waals surface area contributed by atoms with Crippen LogP contribution in [-0.2, 0) is 16.6 Å². The fourth-order valence-electron chi connectivity index (χ4n) is 1.13. The van der Waals surface area contributed by atoms with E-state index in [0.717, 1.165) is 5.56 Å². The summed E-state index contributed by atoms with van der Waals surface area (Å²) in [6.07, 6.45) is 0.536. The molecule has 1 atom stereocenters. The maximum absolute atomic E-state index is 11.6. The SMILES string of the molecule is O=S(CCCO)Cc1c(Cl)cccc1Cl. The second-order valence-electron chi connectivity index (χ2n) is 3.07. The lowest BCUT2D eigenvalue weighted by atomic mass is 10.2. The number of halogens is 2. The summed E-state index contributed by atoms with van der Waals surface area (Å²) in [5.41, 5.74) is 0.720. The van der Waals surface area contributed by atoms with Gasteiger partial charge < -0.3 is 5.11 Å². The molecule has 1 aromatic rings. The monoisotopic (exact) mass is 266 g/mol. The Morgan fingerprint density at radius 2 is 1.87 bits per heavy atom. The van der Waals surface area contributed by atoms with Gasteiger partial charge in [-0.05, 0) is 18.6 Å². The predicted octanol–water partition coefficient (Wildman–Crippen LogP) is 2.62. The highest BCUT2D eigenvalue weighted by molar-refractivity contribution is 7.84. The molecule has 0 aliphatic rings. The van der Waals surface area contributed by atoms with E-state index in [9.17, 15) is 4.21 Å². The van der Waals surface area contributed by atoms with Crippen molar-refractivity contribution in [1.82, 2.24) is 0 Å². The van der Waals surface area contributed by atoms with Crippen molar-refractivity contribution in [2.75, 3.05) is 12.4 Å². The highest BCUT2D eigenvalue weighted by atomic mass is 35.5. The molecule has 0 saturated carbocycles. The summed E-state index contributed by atoms with van der Waals surface area (Å²) >= 11 is 11.9. The normalized spacial score (nSPS) is 12.7. The number of aliphatic hydroxyl groups excluding tert-OH is 1. The molecule has 0 saturated heterocycles. The van der Waals surface area contributed by atoms with Crippen LogP contribution in [-0.4, -0.2) is 21.7 Å². The Balaban J connectivity index is 2.68. The van der Waals surface area contributed by atoms with Gasteiger partial charge in [0.25, 0.3) is 0 Å². The fourth-order valence-corrected chi connectivity index (χ4v) is 3.05. The van der Waals surface area contributed by atoms with E-state index in [1.165, 1.54) is 0 Å². The van der Waals surface area contributed by atoms with Crippen LogP contribution < -0.4 is 0 Å². The van der Waals surface area contributed by atoms with Crippen LogP contribution in [0.4, 0.5) is 0 Å². The number of rotatable bonds is 5. The molecule has 0 amide bonds. The molecule has 0 radical (unpaired) electrons. The summed E-state index contributed by atoms with van der Waals surface area (Å²) in [6, 6.07) is 5.21. The summed E-state index contributed by atoms with van der Waals surface area (Å²) in [7, 11) is -1.02. The minimum atomic E-state index is -1.02. The third-order valence-electron chi connectivity index (χ3n) is 1.90. The Morgan fingerprint density at radius 1 is 1.27 bits per heavy atom. The van der Waals surface area contributed by atoms with Crippen molar-refractivity contribution >= 4 is 34.0 Å². The first-order chi connectivity index (χ1) is 7.15. The standard InChI is InChI=1S/C10H12Cl2O2S/c11-9-3-1-4-10(12)8(9)7-15(14)6-2-5-13/h1,3-4,13H,2,5-7H2. The van der Waals surface area contributed by atoms with Crippen LogP contribution in [0.5, 0.6) is 0 Å². The fraction of sp³-hybridized carbons (Fsp3) is 0.400. The zero-order valence-electron chi connectivity index (χ0n) is 8.08. The van der Waals surface area contributed by atoms with Crippen LogP contribution >= 0.6 is 23.2 Å². The molecule has 1 aromatic carbocycles. The third-order valence-corrected chi connectivity index (χ3v) is 3.96. The van der Waals surface area contributed by atoms with Crippen molar-refractivity contribution in [1.29, 1.82) is 0 Å². The average molecular weight is 267 g/mol. The number of benzene rings is 1. The second-order valence-corrected chi connectivity index (χ2v) is 5.46. The van der Waals surface area contributed by atoms with E-state index >= 15 is 0 Å². The molecule has 1 rings (SSSR count). The summed E-state index contributed by atoms with van der Waals surface area (Å²) in [5.74, 6) is 0.816. The molecule has 5 heteroatoms. The molecule has 0 spiro atoms. The van der Waals surface area contributed by atoms with E-state index < -0.39 is 10.8 Å². The average Bonchev–Trinajstić information content (AvgIpc) is 2.21. The molecule has 1 unspecified atom stereocenters. The van der Waals surface area contributed by atoms with Crippen molar-refractivity contribution in [3.63, 3.8) is 0 Å². The van der Waals surface area contributed by atoms with Crippen molar-refractivity contribution in [3.05, 3.63) is 33.8 Å². The zero-order chi connectivity index (χ0) is 11.3. The van der Waals surface area contributed by atoms with E-state index in [2.05, 4.69) is 0 Å². The van der Waals surface area contributed by atoms with E-state index in [4.69, 9.17) is 28.3 Å². The van der Waals surface area contributed by atoms with Crippen LogP contribution in [0.25, 0.3) is 0 Å². The van der Waals surface area contributed by atoms with E-state index in [0.29, 0.717) is 28.0 Å². The predicted molar refractivity (Wildman–Crippen MR) is 64.9 cm³/mol. The zero-order valence-corrected chi connectivity index (χ0v) is 10.4. The van der Waals surface area contributed by atoms with Gasteiger partial charge in [-0.25, -0.2) is 0 Å². The summed E-state index contributed by atoms with van der Waals surface area (Å²) < 4.78 is 11.6. The molecule has 84 valence electrons. The lowest BCUT2D eigenvalue weighted by Crippen LogP contribution is -2.03. The number of aliphatic hydroxyl groups is 1. The van der Waals surface area contributed by atoms with Gasteiger partial charge in [-0.2, -0.15) is 0 Å². The van der Waals surface area contributed by atoms with E-state index in [1.54, 1.807) is 18.2 Å². The van der Waals surface area contributed by atoms with E-state index in [-0.39, 0.29) is 6.61 Å². The minimum absolute atomic E-state index is 0.0575. The van der Waals surface area contributed by atoms with Crippen molar-refractivity contribution in [3.8, 4) is 0 Å². The largest absolute Gasteiger partial charge is 0.396 e. The van der Waals surface area contributed by atoms with Gasteiger partial charge in [-0.15, -0.1) is 0 Å². The molecule has 0 heterocycles. The Bertz CT molecular complexity index is 335. The first-order valence-corrected chi connectivity index (χ1v) is 6.78. The molecule has 2 nitrogen and oxygen atoms in total. The summed E-state index contributed by atoms with van der Waals surface area (Å²) in [4.78, 5) is 0. The first-order valence-electron chi connectivity index (χ1n) is 4.54. The summed E-state index contributed by atoms with van der Waals surface area (Å²) in [6.45, 7) is 0.0575. The quantitative estimate of drug-likeness (QED) is 0.890. The van der Waals surface area contributed by atoms with Gasteiger partial charge in [0.05, 0.1) is 5.75 Å². The maximum Gasteiger partial charge on any atom is 0.0515 e. The second kappa shape index (κ2) is 6.48. The lowest BCUT2D eigenvalue weighted by Gasteiger charge is -2.06. The van der Waals surface area contributed by atoms with E-state index in [1.807, 2.05) is 0 Å². The molecule has 1 N–H and O–H groups in total. The van der Waals surface area contributed by atoms with Crippen molar-refractivity contribution in [2.45, 2.75) is 12.2 Å². The first kappa shape index (κ1) is 13.0. The van der Waals surface area contributed by atoms with Gasteiger partial charge in [0.15, 0.2) is 0 Å². The lowest BCUT2D eigenvalue weighted by molar-refractivity contribution is 0.296. The Hall–Kier alpha value is -0.0900. The molecule has 0 bridgehead atoms.